The van der Waals surface area contributed by atoms with E-state index in [9.17, 15) is 4.79 Å². The number of guanidine groups is 1. The first-order chi connectivity index (χ1) is 13.8. The van der Waals surface area contributed by atoms with E-state index in [0.717, 1.165) is 45.4 Å². The van der Waals surface area contributed by atoms with Gasteiger partial charge in [-0.3, -0.25) is 10.2 Å². The van der Waals surface area contributed by atoms with Crippen molar-refractivity contribution >= 4 is 11.9 Å². The summed E-state index contributed by atoms with van der Waals surface area (Å²) in [6.07, 6.45) is 3.01. The number of ether oxygens (including phenoxy) is 2. The number of fused-ring (bicyclic) bond motifs is 1. The van der Waals surface area contributed by atoms with Gasteiger partial charge in [-0.15, -0.1) is 0 Å². The van der Waals surface area contributed by atoms with Crippen molar-refractivity contribution in [2.75, 3.05) is 33.0 Å². The largest absolute Gasteiger partial charge is 0.454 e. The second kappa shape index (κ2) is 7.76. The molecule has 4 rings (SSSR count). The van der Waals surface area contributed by atoms with E-state index in [1.807, 2.05) is 17.0 Å². The molecule has 2 saturated heterocycles. The lowest BCUT2D eigenvalue weighted by Crippen LogP contribution is -2.42. The fourth-order valence-corrected chi connectivity index (χ4v) is 4.92. The van der Waals surface area contributed by atoms with Gasteiger partial charge in [0, 0.05) is 31.7 Å². The van der Waals surface area contributed by atoms with Crippen molar-refractivity contribution in [2.24, 2.45) is 11.8 Å². The predicted molar refractivity (Wildman–Crippen MR) is 111 cm³/mol. The molecule has 0 bridgehead atoms. The van der Waals surface area contributed by atoms with Crippen LogP contribution in [0.3, 0.4) is 0 Å². The van der Waals surface area contributed by atoms with E-state index >= 15 is 0 Å². The number of piperidine rings is 1. The van der Waals surface area contributed by atoms with Crippen LogP contribution in [0.1, 0.15) is 50.4 Å². The van der Waals surface area contributed by atoms with E-state index in [1.54, 1.807) is 6.07 Å². The van der Waals surface area contributed by atoms with Crippen LogP contribution in [-0.2, 0) is 0 Å². The molecule has 1 atom stereocenters. The number of hydrogen-bond donors (Lipinski definition) is 2. The first-order valence-electron chi connectivity index (χ1n) is 10.6. The van der Waals surface area contributed by atoms with Gasteiger partial charge in [0.05, 0.1) is 5.54 Å². The molecule has 29 heavy (non-hydrogen) atoms. The number of carbonyl (C=O) groups excluding carboxylic acids is 1. The van der Waals surface area contributed by atoms with E-state index in [0.29, 0.717) is 34.9 Å². The molecule has 3 aliphatic rings. The lowest BCUT2D eigenvalue weighted by atomic mass is 9.91. The Morgan fingerprint density at radius 3 is 2.72 bits per heavy atom. The zero-order valence-electron chi connectivity index (χ0n) is 17.7. The van der Waals surface area contributed by atoms with Gasteiger partial charge in [0.15, 0.2) is 17.5 Å². The van der Waals surface area contributed by atoms with Crippen LogP contribution in [0.25, 0.3) is 0 Å². The molecule has 0 aliphatic carbocycles. The number of benzene rings is 1. The van der Waals surface area contributed by atoms with Crippen molar-refractivity contribution in [2.45, 2.75) is 45.6 Å². The fourth-order valence-electron chi connectivity index (χ4n) is 4.92. The molecular weight excluding hydrogens is 368 g/mol. The molecule has 1 unspecified atom stereocenters. The molecule has 1 amide bonds. The second-order valence-electron chi connectivity index (χ2n) is 9.32. The maximum Gasteiger partial charge on any atom is 0.253 e. The van der Waals surface area contributed by atoms with Crippen LogP contribution in [0.2, 0.25) is 0 Å². The third-order valence-corrected chi connectivity index (χ3v) is 6.13. The minimum absolute atomic E-state index is 0.0126. The average molecular weight is 401 g/mol. The predicted octanol–water partition coefficient (Wildman–Crippen LogP) is 2.91. The molecule has 7 heteroatoms. The molecule has 158 valence electrons. The third kappa shape index (κ3) is 4.28. The summed E-state index contributed by atoms with van der Waals surface area (Å²) in [6, 6.07) is 5.40. The summed E-state index contributed by atoms with van der Waals surface area (Å²) in [4.78, 5) is 17.0. The van der Waals surface area contributed by atoms with Gasteiger partial charge in [0.1, 0.15) is 0 Å². The molecule has 1 aromatic rings. The quantitative estimate of drug-likeness (QED) is 0.795. The standard InChI is InChI=1S/C22H32N4O3/c1-15(2)11-22(3)13-26(21(23)24-22)12-16-6-8-25(9-7-16)20(27)17-4-5-18-19(10-17)29-14-28-18/h4-5,10,15-16H,6-9,11-14H2,1-3H3,(H2,23,24). The third-order valence-electron chi connectivity index (χ3n) is 6.13. The van der Waals surface area contributed by atoms with Crippen LogP contribution in [0, 0.1) is 17.2 Å². The highest BCUT2D eigenvalue weighted by molar-refractivity contribution is 5.95. The number of nitrogens with one attached hydrogen (secondary N) is 2. The zero-order valence-corrected chi connectivity index (χ0v) is 17.7. The molecule has 3 heterocycles. The minimum atomic E-state index is -0.0126. The van der Waals surface area contributed by atoms with Crippen molar-refractivity contribution in [3.63, 3.8) is 0 Å². The van der Waals surface area contributed by atoms with Crippen LogP contribution in [0.5, 0.6) is 11.5 Å². The summed E-state index contributed by atoms with van der Waals surface area (Å²) in [7, 11) is 0. The number of amides is 1. The van der Waals surface area contributed by atoms with Gasteiger partial charge in [-0.2, -0.15) is 0 Å². The van der Waals surface area contributed by atoms with Crippen LogP contribution in [0.4, 0.5) is 0 Å². The minimum Gasteiger partial charge on any atom is -0.454 e. The van der Waals surface area contributed by atoms with E-state index in [4.69, 9.17) is 14.9 Å². The molecule has 0 radical (unpaired) electrons. The lowest BCUT2D eigenvalue weighted by Gasteiger charge is -2.34. The van der Waals surface area contributed by atoms with Gasteiger partial charge in [0.2, 0.25) is 6.79 Å². The van der Waals surface area contributed by atoms with Gasteiger partial charge in [-0.05, 0) is 56.2 Å². The van der Waals surface area contributed by atoms with Crippen LogP contribution in [0.15, 0.2) is 18.2 Å². The summed E-state index contributed by atoms with van der Waals surface area (Å²) in [5.41, 5.74) is 0.643. The molecule has 0 aromatic heterocycles. The van der Waals surface area contributed by atoms with Crippen LogP contribution < -0.4 is 14.8 Å². The fraction of sp³-hybridized carbons (Fsp3) is 0.636. The second-order valence-corrected chi connectivity index (χ2v) is 9.32. The Bertz CT molecular complexity index is 788. The number of nitrogens with zero attached hydrogens (tertiary/aromatic N) is 2. The lowest BCUT2D eigenvalue weighted by molar-refractivity contribution is 0.0679. The number of rotatable bonds is 5. The highest BCUT2D eigenvalue weighted by Crippen LogP contribution is 2.33. The molecule has 0 spiro atoms. The summed E-state index contributed by atoms with van der Waals surface area (Å²) >= 11 is 0. The molecular formula is C22H32N4O3. The molecule has 2 N–H and O–H groups in total. The monoisotopic (exact) mass is 400 g/mol. The van der Waals surface area contributed by atoms with Gasteiger partial charge in [-0.1, -0.05) is 13.8 Å². The van der Waals surface area contributed by atoms with E-state index < -0.39 is 0 Å². The van der Waals surface area contributed by atoms with Gasteiger partial charge >= 0.3 is 0 Å². The van der Waals surface area contributed by atoms with Gasteiger partial charge in [0.25, 0.3) is 5.91 Å². The molecule has 3 aliphatic heterocycles. The number of hydrogen-bond acceptors (Lipinski definition) is 4. The first kappa shape index (κ1) is 19.9. The normalized spacial score (nSPS) is 24.3. The molecule has 7 nitrogen and oxygen atoms in total. The zero-order chi connectivity index (χ0) is 20.6. The summed E-state index contributed by atoms with van der Waals surface area (Å²) < 4.78 is 10.7. The van der Waals surface area contributed by atoms with E-state index in [1.165, 1.54) is 0 Å². The molecule has 1 aromatic carbocycles. The Labute approximate surface area is 172 Å². The van der Waals surface area contributed by atoms with Crippen molar-refractivity contribution in [3.05, 3.63) is 23.8 Å². The summed E-state index contributed by atoms with van der Waals surface area (Å²) in [5.74, 6) is 3.07. The van der Waals surface area contributed by atoms with E-state index in [-0.39, 0.29) is 18.2 Å². The van der Waals surface area contributed by atoms with Crippen molar-refractivity contribution < 1.29 is 14.3 Å². The topological polar surface area (TPSA) is 77.9 Å². The van der Waals surface area contributed by atoms with Crippen molar-refractivity contribution in [1.29, 1.82) is 5.41 Å². The van der Waals surface area contributed by atoms with Gasteiger partial charge < -0.3 is 24.6 Å². The Morgan fingerprint density at radius 1 is 1.28 bits per heavy atom. The highest BCUT2D eigenvalue weighted by Gasteiger charge is 2.38. The smallest absolute Gasteiger partial charge is 0.253 e. The van der Waals surface area contributed by atoms with Gasteiger partial charge in [-0.25, -0.2) is 0 Å². The Hall–Kier alpha value is -2.44. The SMILES string of the molecule is CC(C)CC1(C)CN(CC2CCN(C(=O)c3ccc4c(c3)OCO4)CC2)C(=N)N1. The Kier molecular flexibility index (Phi) is 5.32. The van der Waals surface area contributed by atoms with Crippen molar-refractivity contribution in [1.82, 2.24) is 15.1 Å². The van der Waals surface area contributed by atoms with E-state index in [2.05, 4.69) is 31.0 Å². The highest BCUT2D eigenvalue weighted by atomic mass is 16.7. The summed E-state index contributed by atoms with van der Waals surface area (Å²) in [6.45, 7) is 10.2. The maximum absolute atomic E-state index is 12.9. The molecule has 0 saturated carbocycles. The number of likely N-dealkylation sites (tertiary alicyclic amines) is 1. The Morgan fingerprint density at radius 2 is 2.00 bits per heavy atom. The first-order valence-corrected chi connectivity index (χ1v) is 10.6. The number of carbonyl (C=O) groups is 1. The molecule has 2 fully saturated rings. The Balaban J connectivity index is 1.29. The van der Waals surface area contributed by atoms with Crippen molar-refractivity contribution in [3.8, 4) is 11.5 Å². The van der Waals surface area contributed by atoms with Crippen LogP contribution >= 0.6 is 0 Å². The maximum atomic E-state index is 12.9. The van der Waals surface area contributed by atoms with Crippen LogP contribution in [-0.4, -0.2) is 60.2 Å². The average Bonchev–Trinajstić information content (AvgIpc) is 3.24. The summed E-state index contributed by atoms with van der Waals surface area (Å²) in [5, 5.41) is 11.7.